The number of carbonyl (C=O) groups excluding carboxylic acids is 3. The molecule has 0 aliphatic heterocycles. The fraction of sp³-hybridized carbons (Fsp3) is 0.875. The van der Waals surface area contributed by atoms with E-state index in [4.69, 9.17) is 14.2 Å². The zero-order valence-corrected chi connectivity index (χ0v) is 20.7. The topological polar surface area (TPSA) is 103 Å². The number of Topliss-reactive ketones (excluding diaryl/α,β-unsaturated/α-hetero) is 1. The van der Waals surface area contributed by atoms with Gasteiger partial charge in [-0.25, -0.2) is 0 Å². The molecule has 0 saturated carbocycles. The van der Waals surface area contributed by atoms with Gasteiger partial charge in [0.05, 0.1) is 39.6 Å². The molecule has 0 aromatic rings. The molecular weight excluding hydrogens is 412 g/mol. The molecule has 0 aromatic carbocycles. The molecule has 32 heavy (non-hydrogen) atoms. The maximum absolute atomic E-state index is 11.8. The number of rotatable bonds is 22. The number of amides is 2. The van der Waals surface area contributed by atoms with Crippen molar-refractivity contribution in [1.29, 1.82) is 0 Å². The quantitative estimate of drug-likeness (QED) is 0.242. The van der Waals surface area contributed by atoms with E-state index in [0.717, 1.165) is 12.8 Å². The second-order valence-corrected chi connectivity index (χ2v) is 8.65. The number of nitrogens with one attached hydrogen (secondary N) is 2. The minimum atomic E-state index is -0.0670. The van der Waals surface area contributed by atoms with Gasteiger partial charge >= 0.3 is 0 Å². The average molecular weight is 459 g/mol. The Hall–Kier alpha value is -1.51. The lowest BCUT2D eigenvalue weighted by atomic mass is 10.1. The van der Waals surface area contributed by atoms with Crippen molar-refractivity contribution in [2.75, 3.05) is 52.7 Å². The molecule has 0 aromatic heterocycles. The molecule has 0 spiro atoms. The van der Waals surface area contributed by atoms with Crippen molar-refractivity contribution in [2.45, 2.75) is 72.6 Å². The first kappa shape index (κ1) is 30.5. The number of ketones is 1. The van der Waals surface area contributed by atoms with E-state index >= 15 is 0 Å². The molecule has 0 rings (SSSR count). The lowest BCUT2D eigenvalue weighted by Gasteiger charge is -2.08. The van der Waals surface area contributed by atoms with Crippen LogP contribution in [0.1, 0.15) is 72.6 Å². The third-order valence-corrected chi connectivity index (χ3v) is 4.79. The van der Waals surface area contributed by atoms with Crippen LogP contribution >= 0.6 is 0 Å². The van der Waals surface area contributed by atoms with Gasteiger partial charge in [0.25, 0.3) is 0 Å². The molecule has 0 heterocycles. The highest BCUT2D eigenvalue weighted by Crippen LogP contribution is 2.05. The van der Waals surface area contributed by atoms with Gasteiger partial charge in [-0.2, -0.15) is 0 Å². The summed E-state index contributed by atoms with van der Waals surface area (Å²) in [5, 5.41) is 5.69. The zero-order chi connectivity index (χ0) is 24.0. The number of hydrogen-bond donors (Lipinski definition) is 2. The van der Waals surface area contributed by atoms with E-state index in [1.54, 1.807) is 0 Å². The number of ether oxygens (including phenoxy) is 3. The molecule has 0 unspecified atom stereocenters. The first-order valence-electron chi connectivity index (χ1n) is 12.1. The molecule has 0 bridgehead atoms. The summed E-state index contributed by atoms with van der Waals surface area (Å²) in [5.74, 6) is 0.909. The van der Waals surface area contributed by atoms with E-state index in [1.165, 1.54) is 6.42 Å². The molecule has 8 nitrogen and oxygen atoms in total. The van der Waals surface area contributed by atoms with Crippen LogP contribution in [0.4, 0.5) is 0 Å². The van der Waals surface area contributed by atoms with Crippen molar-refractivity contribution in [2.24, 2.45) is 11.8 Å². The van der Waals surface area contributed by atoms with Crippen molar-refractivity contribution >= 4 is 17.6 Å². The van der Waals surface area contributed by atoms with Gasteiger partial charge in [0.15, 0.2) is 0 Å². The predicted molar refractivity (Wildman–Crippen MR) is 125 cm³/mol. The minimum absolute atomic E-state index is 0.0140. The molecule has 0 radical (unpaired) electrons. The van der Waals surface area contributed by atoms with Gasteiger partial charge in [-0.1, -0.05) is 40.5 Å². The van der Waals surface area contributed by atoms with Gasteiger partial charge < -0.3 is 24.8 Å². The second-order valence-electron chi connectivity index (χ2n) is 8.65. The summed E-state index contributed by atoms with van der Waals surface area (Å²) in [6, 6.07) is 0. The summed E-state index contributed by atoms with van der Waals surface area (Å²) in [4.78, 5) is 34.9. The standard InChI is InChI=1S/C24H46N2O6/c1-20(2)8-5-6-12-25-23(28)9-7-10-24(29)26-13-15-31-17-19-32-18-16-30-14-11-22(27)21(3)4/h20-21H,5-19H2,1-4H3,(H,25,28)(H,26,29). The highest BCUT2D eigenvalue weighted by Gasteiger charge is 2.06. The number of carbonyl (C=O) groups is 3. The number of hydrogen-bond acceptors (Lipinski definition) is 6. The van der Waals surface area contributed by atoms with Gasteiger partial charge in [-0.05, 0) is 18.8 Å². The minimum Gasteiger partial charge on any atom is -0.379 e. The summed E-state index contributed by atoms with van der Waals surface area (Å²) in [5.41, 5.74) is 0. The zero-order valence-electron chi connectivity index (χ0n) is 20.7. The van der Waals surface area contributed by atoms with Crippen LogP contribution in [0, 0.1) is 11.8 Å². The Labute approximate surface area is 194 Å². The third kappa shape index (κ3) is 21.7. The Kier molecular flexibility index (Phi) is 20.3. The van der Waals surface area contributed by atoms with Crippen LogP contribution in [-0.4, -0.2) is 70.3 Å². The average Bonchev–Trinajstić information content (AvgIpc) is 2.73. The first-order chi connectivity index (χ1) is 15.3. The summed E-state index contributed by atoms with van der Waals surface area (Å²) >= 11 is 0. The maximum atomic E-state index is 11.8. The van der Waals surface area contributed by atoms with E-state index in [9.17, 15) is 14.4 Å². The van der Waals surface area contributed by atoms with E-state index < -0.39 is 0 Å². The monoisotopic (exact) mass is 458 g/mol. The molecule has 188 valence electrons. The lowest BCUT2D eigenvalue weighted by Crippen LogP contribution is -2.28. The van der Waals surface area contributed by atoms with Gasteiger partial charge in [0.1, 0.15) is 5.78 Å². The van der Waals surface area contributed by atoms with Gasteiger partial charge in [-0.15, -0.1) is 0 Å². The highest BCUT2D eigenvalue weighted by molar-refractivity contribution is 5.80. The molecule has 0 atom stereocenters. The van der Waals surface area contributed by atoms with Gasteiger partial charge in [0.2, 0.25) is 11.8 Å². The summed E-state index contributed by atoms with van der Waals surface area (Å²) in [7, 11) is 0. The van der Waals surface area contributed by atoms with Gasteiger partial charge in [-0.3, -0.25) is 14.4 Å². The Morgan fingerprint density at radius 1 is 0.625 bits per heavy atom. The molecule has 0 saturated heterocycles. The fourth-order valence-corrected chi connectivity index (χ4v) is 2.76. The van der Waals surface area contributed by atoms with Crippen LogP contribution in [0.15, 0.2) is 0 Å². The van der Waals surface area contributed by atoms with Crippen molar-refractivity contribution < 1.29 is 28.6 Å². The summed E-state index contributed by atoms with van der Waals surface area (Å²) in [6.45, 7) is 12.0. The first-order valence-corrected chi connectivity index (χ1v) is 12.1. The molecule has 2 N–H and O–H groups in total. The highest BCUT2D eigenvalue weighted by atomic mass is 16.5. The van der Waals surface area contributed by atoms with E-state index in [0.29, 0.717) is 84.3 Å². The Morgan fingerprint density at radius 3 is 1.72 bits per heavy atom. The predicted octanol–water partition coefficient (Wildman–Crippen LogP) is 2.88. The van der Waals surface area contributed by atoms with Crippen molar-refractivity contribution in [3.8, 4) is 0 Å². The van der Waals surface area contributed by atoms with Crippen LogP contribution in [0.3, 0.4) is 0 Å². The summed E-state index contributed by atoms with van der Waals surface area (Å²) < 4.78 is 16.1. The largest absolute Gasteiger partial charge is 0.379 e. The normalized spacial score (nSPS) is 11.2. The Morgan fingerprint density at radius 2 is 1.16 bits per heavy atom. The molecule has 0 fully saturated rings. The second kappa shape index (κ2) is 21.3. The Balaban J connectivity index is 3.34. The van der Waals surface area contributed by atoms with E-state index in [1.807, 2.05) is 13.8 Å². The van der Waals surface area contributed by atoms with Crippen LogP contribution in [0.5, 0.6) is 0 Å². The van der Waals surface area contributed by atoms with Crippen LogP contribution < -0.4 is 10.6 Å². The lowest BCUT2D eigenvalue weighted by molar-refractivity contribution is -0.124. The van der Waals surface area contributed by atoms with E-state index in [2.05, 4.69) is 24.5 Å². The molecule has 0 aliphatic carbocycles. The van der Waals surface area contributed by atoms with E-state index in [-0.39, 0.29) is 23.5 Å². The number of unbranched alkanes of at least 4 members (excludes halogenated alkanes) is 1. The summed E-state index contributed by atoms with van der Waals surface area (Å²) in [6.07, 6.45) is 5.03. The molecule has 0 aliphatic rings. The Bertz CT molecular complexity index is 497. The fourth-order valence-electron chi connectivity index (χ4n) is 2.76. The smallest absolute Gasteiger partial charge is 0.220 e. The van der Waals surface area contributed by atoms with Crippen molar-refractivity contribution in [1.82, 2.24) is 10.6 Å². The van der Waals surface area contributed by atoms with Crippen LogP contribution in [-0.2, 0) is 28.6 Å². The molecular formula is C24H46N2O6. The SMILES string of the molecule is CC(C)CCCCNC(=O)CCCC(=O)NCCOCCOCCOCCC(=O)C(C)C. The van der Waals surface area contributed by atoms with Gasteiger partial charge in [0, 0.05) is 38.3 Å². The third-order valence-electron chi connectivity index (χ3n) is 4.79. The maximum Gasteiger partial charge on any atom is 0.220 e. The van der Waals surface area contributed by atoms with Crippen molar-refractivity contribution in [3.05, 3.63) is 0 Å². The molecule has 2 amide bonds. The van der Waals surface area contributed by atoms with Crippen LogP contribution in [0.25, 0.3) is 0 Å². The molecule has 8 heteroatoms. The van der Waals surface area contributed by atoms with Crippen LogP contribution in [0.2, 0.25) is 0 Å². The van der Waals surface area contributed by atoms with Crippen molar-refractivity contribution in [3.63, 3.8) is 0 Å².